The van der Waals surface area contributed by atoms with Crippen LogP contribution in [0.1, 0.15) is 27.9 Å². The Hall–Kier alpha value is -1.61. The van der Waals surface area contributed by atoms with Crippen molar-refractivity contribution in [3.8, 4) is 6.07 Å². The highest BCUT2D eigenvalue weighted by Crippen LogP contribution is 2.27. The minimum atomic E-state index is -2.72. The predicted octanol–water partition coefficient (Wildman–Crippen LogP) is 2.57. The number of carbonyl (C=O) groups excluding carboxylic acids is 1. The van der Waals surface area contributed by atoms with E-state index in [0.717, 1.165) is 19.2 Å². The van der Waals surface area contributed by atoms with Gasteiger partial charge in [-0.2, -0.15) is 5.26 Å². The number of halogens is 2. The Kier molecular flexibility index (Phi) is 3.85. The van der Waals surface area contributed by atoms with Gasteiger partial charge in [0.1, 0.15) is 6.07 Å². The van der Waals surface area contributed by atoms with Crippen molar-refractivity contribution < 1.29 is 18.3 Å². The topological polar surface area (TPSA) is 50.1 Å². The molecule has 3 nitrogen and oxygen atoms in total. The second-order valence-electron chi connectivity index (χ2n) is 2.87. The summed E-state index contributed by atoms with van der Waals surface area (Å²) in [5, 5.41) is 8.76. The molecule has 1 aromatic carbocycles. The van der Waals surface area contributed by atoms with Crippen LogP contribution in [0.5, 0.6) is 0 Å². The summed E-state index contributed by atoms with van der Waals surface area (Å²) in [6.07, 6.45) is -2.72. The van der Waals surface area contributed by atoms with Crippen LogP contribution in [-0.4, -0.2) is 13.1 Å². The number of nitriles is 1. The average molecular weight is 243 g/mol. The molecule has 16 heavy (non-hydrogen) atoms. The van der Waals surface area contributed by atoms with Crippen LogP contribution < -0.4 is 0 Å². The molecule has 0 N–H and O–H groups in total. The van der Waals surface area contributed by atoms with Crippen molar-refractivity contribution in [2.24, 2.45) is 0 Å². The lowest BCUT2D eigenvalue weighted by Gasteiger charge is -2.08. The zero-order chi connectivity index (χ0) is 12.3. The number of alkyl halides is 2. The fourth-order valence-corrected chi connectivity index (χ4v) is 1.54. The van der Waals surface area contributed by atoms with Crippen molar-refractivity contribution in [2.45, 2.75) is 11.3 Å². The van der Waals surface area contributed by atoms with Gasteiger partial charge in [0, 0.05) is 10.5 Å². The lowest BCUT2D eigenvalue weighted by Crippen LogP contribution is -2.06. The molecule has 0 amide bonds. The molecule has 0 spiro atoms. The Morgan fingerprint density at radius 3 is 2.62 bits per heavy atom. The molecule has 84 valence electrons. The standard InChI is InChI=1S/C10H7F2NO2S/c1-15-10(14)8-6(4-13)2-5(9(11)12)3-7(8)16/h2-3,9,16H,1H3. The molecule has 0 aliphatic carbocycles. The number of carbonyl (C=O) groups is 1. The number of hydrogen-bond donors (Lipinski definition) is 1. The van der Waals surface area contributed by atoms with E-state index < -0.39 is 12.4 Å². The average Bonchev–Trinajstić information content (AvgIpc) is 2.26. The SMILES string of the molecule is COC(=O)c1c(S)cc(C(F)F)cc1C#N. The minimum absolute atomic E-state index is 0.00111. The number of ether oxygens (including phenoxy) is 1. The van der Waals surface area contributed by atoms with Gasteiger partial charge in [-0.15, -0.1) is 12.6 Å². The van der Waals surface area contributed by atoms with E-state index >= 15 is 0 Å². The van der Waals surface area contributed by atoms with E-state index in [0.29, 0.717) is 0 Å². The first-order valence-electron chi connectivity index (χ1n) is 4.14. The first-order valence-corrected chi connectivity index (χ1v) is 4.59. The van der Waals surface area contributed by atoms with Crippen LogP contribution in [0, 0.1) is 11.3 Å². The Labute approximate surface area is 96.0 Å². The summed E-state index contributed by atoms with van der Waals surface area (Å²) in [4.78, 5) is 11.3. The molecule has 0 unspecified atom stereocenters. The highest BCUT2D eigenvalue weighted by Gasteiger charge is 2.19. The van der Waals surface area contributed by atoms with Crippen LogP contribution in [0.15, 0.2) is 17.0 Å². The molecule has 6 heteroatoms. The molecule has 1 aromatic rings. The summed E-state index contributed by atoms with van der Waals surface area (Å²) in [6.45, 7) is 0. The fourth-order valence-electron chi connectivity index (χ4n) is 1.18. The second kappa shape index (κ2) is 4.94. The molecule has 0 fully saturated rings. The number of nitrogens with zero attached hydrogens (tertiary/aromatic N) is 1. The van der Waals surface area contributed by atoms with E-state index in [-0.39, 0.29) is 21.6 Å². The van der Waals surface area contributed by atoms with Crippen molar-refractivity contribution in [2.75, 3.05) is 7.11 Å². The smallest absolute Gasteiger partial charge is 0.340 e. The molecule has 0 saturated carbocycles. The number of thiol groups is 1. The molecule has 0 bridgehead atoms. The van der Waals surface area contributed by atoms with Crippen LogP contribution in [0.3, 0.4) is 0 Å². The molecule has 0 aromatic heterocycles. The van der Waals surface area contributed by atoms with Gasteiger partial charge >= 0.3 is 5.97 Å². The largest absolute Gasteiger partial charge is 0.465 e. The molecule has 0 saturated heterocycles. The van der Waals surface area contributed by atoms with Gasteiger partial charge in [-0.05, 0) is 12.1 Å². The first kappa shape index (κ1) is 12.5. The maximum absolute atomic E-state index is 12.4. The molecule has 0 heterocycles. The number of methoxy groups -OCH3 is 1. The molecular weight excluding hydrogens is 236 g/mol. The van der Waals surface area contributed by atoms with Crippen molar-refractivity contribution in [1.82, 2.24) is 0 Å². The van der Waals surface area contributed by atoms with Gasteiger partial charge in [-0.3, -0.25) is 0 Å². The summed E-state index contributed by atoms with van der Waals surface area (Å²) in [5.74, 6) is -0.776. The third-order valence-electron chi connectivity index (χ3n) is 1.90. The van der Waals surface area contributed by atoms with Crippen LogP contribution in [0.4, 0.5) is 8.78 Å². The summed E-state index contributed by atoms with van der Waals surface area (Å²) in [5.41, 5.74) is -0.624. The maximum atomic E-state index is 12.4. The van der Waals surface area contributed by atoms with E-state index in [1.165, 1.54) is 0 Å². The van der Waals surface area contributed by atoms with Crippen molar-refractivity contribution in [3.63, 3.8) is 0 Å². The molecule has 0 radical (unpaired) electrons. The monoisotopic (exact) mass is 243 g/mol. The van der Waals surface area contributed by atoms with Gasteiger partial charge in [0.15, 0.2) is 0 Å². The molecular formula is C10H7F2NO2S. The Bertz CT molecular complexity index is 469. The minimum Gasteiger partial charge on any atom is -0.465 e. The van der Waals surface area contributed by atoms with Gasteiger partial charge in [0.25, 0.3) is 6.43 Å². The van der Waals surface area contributed by atoms with Gasteiger partial charge in [0.05, 0.1) is 18.2 Å². The number of benzene rings is 1. The van der Waals surface area contributed by atoms with E-state index in [2.05, 4.69) is 17.4 Å². The summed E-state index contributed by atoms with van der Waals surface area (Å²) < 4.78 is 29.3. The third-order valence-corrected chi connectivity index (χ3v) is 2.25. The highest BCUT2D eigenvalue weighted by atomic mass is 32.1. The van der Waals surface area contributed by atoms with E-state index in [4.69, 9.17) is 5.26 Å². The Balaban J connectivity index is 3.42. The lowest BCUT2D eigenvalue weighted by molar-refractivity contribution is 0.0596. The highest BCUT2D eigenvalue weighted by molar-refractivity contribution is 7.80. The van der Waals surface area contributed by atoms with E-state index in [1.807, 2.05) is 0 Å². The van der Waals surface area contributed by atoms with Crippen molar-refractivity contribution >= 4 is 18.6 Å². The number of esters is 1. The molecule has 0 atom stereocenters. The molecule has 1 rings (SSSR count). The quantitative estimate of drug-likeness (QED) is 0.641. The second-order valence-corrected chi connectivity index (χ2v) is 3.35. The molecule has 0 aliphatic rings. The Morgan fingerprint density at radius 1 is 1.56 bits per heavy atom. The number of rotatable bonds is 2. The predicted molar refractivity (Wildman–Crippen MR) is 54.7 cm³/mol. The molecule has 0 aliphatic heterocycles. The first-order chi connectivity index (χ1) is 7.51. The summed E-state index contributed by atoms with van der Waals surface area (Å²) in [7, 11) is 1.14. The third kappa shape index (κ3) is 2.31. The Morgan fingerprint density at radius 2 is 2.19 bits per heavy atom. The van der Waals surface area contributed by atoms with Crippen LogP contribution in [-0.2, 0) is 4.74 Å². The van der Waals surface area contributed by atoms with Crippen LogP contribution >= 0.6 is 12.6 Å². The number of hydrogen-bond acceptors (Lipinski definition) is 4. The fraction of sp³-hybridized carbons (Fsp3) is 0.200. The maximum Gasteiger partial charge on any atom is 0.340 e. The van der Waals surface area contributed by atoms with Gasteiger partial charge in [-0.1, -0.05) is 0 Å². The zero-order valence-electron chi connectivity index (χ0n) is 8.20. The van der Waals surface area contributed by atoms with Crippen LogP contribution in [0.25, 0.3) is 0 Å². The van der Waals surface area contributed by atoms with Gasteiger partial charge in [0.2, 0.25) is 0 Å². The van der Waals surface area contributed by atoms with Gasteiger partial charge in [-0.25, -0.2) is 13.6 Å². The van der Waals surface area contributed by atoms with Crippen molar-refractivity contribution in [3.05, 3.63) is 28.8 Å². The zero-order valence-corrected chi connectivity index (χ0v) is 9.09. The summed E-state index contributed by atoms with van der Waals surface area (Å²) >= 11 is 3.89. The van der Waals surface area contributed by atoms with E-state index in [1.54, 1.807) is 6.07 Å². The van der Waals surface area contributed by atoms with Crippen molar-refractivity contribution in [1.29, 1.82) is 5.26 Å². The van der Waals surface area contributed by atoms with Crippen LogP contribution in [0.2, 0.25) is 0 Å². The van der Waals surface area contributed by atoms with E-state index in [9.17, 15) is 13.6 Å². The normalized spacial score (nSPS) is 10.0. The summed E-state index contributed by atoms with van der Waals surface area (Å²) in [6, 6.07) is 3.66. The van der Waals surface area contributed by atoms with Gasteiger partial charge < -0.3 is 4.74 Å². The lowest BCUT2D eigenvalue weighted by atomic mass is 10.0.